The van der Waals surface area contributed by atoms with Crippen LogP contribution < -0.4 is 10.1 Å². The molecule has 2 heterocycles. The van der Waals surface area contributed by atoms with Crippen molar-refractivity contribution >= 4 is 17.3 Å². The second-order valence-electron chi connectivity index (χ2n) is 5.31. The maximum Gasteiger partial charge on any atom is 0.246 e. The number of benzene rings is 1. The first-order valence-corrected chi connectivity index (χ1v) is 7.42. The van der Waals surface area contributed by atoms with E-state index >= 15 is 0 Å². The molecule has 2 aliphatic heterocycles. The Labute approximate surface area is 129 Å². The molecule has 112 valence electrons. The van der Waals surface area contributed by atoms with Gasteiger partial charge in [0, 0.05) is 37.8 Å². The van der Waals surface area contributed by atoms with Crippen molar-refractivity contribution in [3.63, 3.8) is 0 Å². The van der Waals surface area contributed by atoms with Gasteiger partial charge in [-0.3, -0.25) is 4.90 Å². The number of rotatable bonds is 2. The fraction of sp³-hybridized carbons (Fsp3) is 0.533. The fourth-order valence-corrected chi connectivity index (χ4v) is 3.21. The summed E-state index contributed by atoms with van der Waals surface area (Å²) in [5.41, 5.74) is 1.27. The lowest BCUT2D eigenvalue weighted by Gasteiger charge is -2.43. The molecule has 0 aromatic heterocycles. The molecule has 5 nitrogen and oxygen atoms in total. The van der Waals surface area contributed by atoms with Crippen LogP contribution in [0.1, 0.15) is 11.7 Å². The summed E-state index contributed by atoms with van der Waals surface area (Å²) in [5.74, 6) is 0.538. The number of hydrogen-bond donors (Lipinski definition) is 1. The third-order valence-electron chi connectivity index (χ3n) is 4.14. The maximum atomic E-state index is 7.29. The number of nitrogens with one attached hydrogen (secondary N) is 1. The molecule has 6 heteroatoms. The van der Waals surface area contributed by atoms with Gasteiger partial charge in [-0.2, -0.15) is 0 Å². The van der Waals surface area contributed by atoms with Crippen LogP contribution in [-0.4, -0.2) is 50.8 Å². The van der Waals surface area contributed by atoms with Crippen LogP contribution in [0.5, 0.6) is 5.75 Å². The van der Waals surface area contributed by atoms with E-state index in [4.69, 9.17) is 27.6 Å². The lowest BCUT2D eigenvalue weighted by Crippen LogP contribution is -2.57. The van der Waals surface area contributed by atoms with Gasteiger partial charge in [-0.05, 0) is 0 Å². The number of halogens is 1. The maximum absolute atomic E-state index is 7.29. The van der Waals surface area contributed by atoms with Crippen molar-refractivity contribution < 1.29 is 9.47 Å². The largest absolute Gasteiger partial charge is 0.507 e. The average molecular weight is 308 g/mol. The zero-order valence-corrected chi connectivity index (χ0v) is 12.7. The Kier molecular flexibility index (Phi) is 4.32. The van der Waals surface area contributed by atoms with Gasteiger partial charge in [-0.1, -0.05) is 23.7 Å². The molecule has 0 unspecified atom stereocenters. The predicted molar refractivity (Wildman–Crippen MR) is 81.2 cm³/mol. The molecule has 0 spiro atoms. The summed E-state index contributed by atoms with van der Waals surface area (Å²) in [7, 11) is 1.57. The summed E-state index contributed by atoms with van der Waals surface area (Å²) in [4.78, 5) is 5.93. The van der Waals surface area contributed by atoms with Crippen LogP contribution in [0.3, 0.4) is 0 Å². The molecule has 0 aliphatic carbocycles. The molecular weight excluding hydrogens is 290 g/mol. The van der Waals surface area contributed by atoms with Gasteiger partial charge in [0.15, 0.2) is 0 Å². The van der Waals surface area contributed by atoms with Crippen molar-refractivity contribution in [1.82, 2.24) is 10.2 Å². The zero-order valence-electron chi connectivity index (χ0n) is 11.9. The Hall–Kier alpha value is -1.32. The van der Waals surface area contributed by atoms with Crippen molar-refractivity contribution in [3.05, 3.63) is 34.1 Å². The lowest BCUT2D eigenvalue weighted by atomic mass is 10.0. The first-order valence-electron chi connectivity index (χ1n) is 7.04. The van der Waals surface area contributed by atoms with Crippen LogP contribution in [-0.2, 0) is 4.74 Å². The third kappa shape index (κ3) is 2.72. The quantitative estimate of drug-likeness (QED) is 0.851. The molecule has 0 amide bonds. The van der Waals surface area contributed by atoms with E-state index in [1.165, 1.54) is 0 Å². The number of hydrogen-bond acceptors (Lipinski definition) is 4. The highest BCUT2D eigenvalue weighted by Gasteiger charge is 2.33. The van der Waals surface area contributed by atoms with E-state index in [1.807, 2.05) is 6.07 Å². The molecule has 21 heavy (non-hydrogen) atoms. The van der Waals surface area contributed by atoms with Crippen LogP contribution >= 0.6 is 11.6 Å². The highest BCUT2D eigenvalue weighted by molar-refractivity contribution is 6.33. The van der Waals surface area contributed by atoms with Gasteiger partial charge in [0.05, 0.1) is 31.4 Å². The molecule has 2 saturated heterocycles. The number of ether oxygens (including phenoxy) is 2. The molecule has 0 saturated carbocycles. The van der Waals surface area contributed by atoms with E-state index in [1.54, 1.807) is 13.2 Å². The Morgan fingerprint density at radius 3 is 3.14 bits per heavy atom. The summed E-state index contributed by atoms with van der Waals surface area (Å²) >= 11 is 6.08. The molecular formula is C15H18ClN3O2. The Balaban J connectivity index is 1.89. The highest BCUT2D eigenvalue weighted by Crippen LogP contribution is 2.42. The van der Waals surface area contributed by atoms with Gasteiger partial charge in [0.2, 0.25) is 5.69 Å². The first-order chi connectivity index (χ1) is 10.2. The molecule has 2 atom stereocenters. The highest BCUT2D eigenvalue weighted by atomic mass is 35.5. The minimum atomic E-state index is -0.0768. The third-order valence-corrected chi connectivity index (χ3v) is 4.44. The molecule has 1 aromatic rings. The van der Waals surface area contributed by atoms with Crippen LogP contribution in [0, 0.1) is 6.57 Å². The molecule has 2 aliphatic rings. The van der Waals surface area contributed by atoms with Crippen molar-refractivity contribution in [3.8, 4) is 5.75 Å². The SMILES string of the molecule is [C-]#[N+]c1c(Cl)ccc([C@@H]2CN3CCNC[C@H]3CO2)c1OC. The second-order valence-corrected chi connectivity index (χ2v) is 5.71. The number of morpholine rings is 1. The van der Waals surface area contributed by atoms with Gasteiger partial charge >= 0.3 is 0 Å². The molecule has 3 rings (SSSR count). The van der Waals surface area contributed by atoms with Gasteiger partial charge in [0.1, 0.15) is 5.75 Å². The Morgan fingerprint density at radius 1 is 1.52 bits per heavy atom. The van der Waals surface area contributed by atoms with Crippen molar-refractivity contribution in [1.29, 1.82) is 0 Å². The first kappa shape index (κ1) is 14.6. The average Bonchev–Trinajstić information content (AvgIpc) is 2.54. The van der Waals surface area contributed by atoms with Crippen LogP contribution in [0.2, 0.25) is 5.02 Å². The van der Waals surface area contributed by atoms with E-state index < -0.39 is 0 Å². The molecule has 2 fully saturated rings. The van der Waals surface area contributed by atoms with Crippen LogP contribution in [0.15, 0.2) is 12.1 Å². The minimum absolute atomic E-state index is 0.0768. The van der Waals surface area contributed by atoms with Gasteiger partial charge in [-0.15, -0.1) is 0 Å². The number of nitrogens with zero attached hydrogens (tertiary/aromatic N) is 2. The molecule has 0 radical (unpaired) electrons. The zero-order chi connectivity index (χ0) is 14.8. The number of methoxy groups -OCH3 is 1. The van der Waals surface area contributed by atoms with E-state index in [-0.39, 0.29) is 6.10 Å². The molecule has 1 aromatic carbocycles. The van der Waals surface area contributed by atoms with Crippen molar-refractivity contribution in [2.45, 2.75) is 12.1 Å². The number of piperazine rings is 1. The van der Waals surface area contributed by atoms with Crippen molar-refractivity contribution in [2.75, 3.05) is 39.9 Å². The number of fused-ring (bicyclic) bond motifs is 1. The molecule has 1 N–H and O–H groups in total. The van der Waals surface area contributed by atoms with E-state index in [9.17, 15) is 0 Å². The Morgan fingerprint density at radius 2 is 2.38 bits per heavy atom. The summed E-state index contributed by atoms with van der Waals surface area (Å²) in [6, 6.07) is 4.09. The van der Waals surface area contributed by atoms with Crippen molar-refractivity contribution in [2.24, 2.45) is 0 Å². The molecule has 0 bridgehead atoms. The predicted octanol–water partition coefficient (Wildman–Crippen LogP) is 2.24. The standard InChI is InChI=1S/C15H18ClN3O2/c1-17-14-12(16)4-3-11(15(14)20-2)13-8-19-6-5-18-7-10(19)9-21-13/h3-4,10,13,18H,5-9H2,2H3/t10-,13-/m0/s1. The summed E-state index contributed by atoms with van der Waals surface area (Å²) in [5, 5.41) is 3.80. The van der Waals surface area contributed by atoms with Crippen LogP contribution in [0.25, 0.3) is 4.85 Å². The second kappa shape index (κ2) is 6.20. The smallest absolute Gasteiger partial charge is 0.246 e. The van der Waals surface area contributed by atoms with Gasteiger partial charge in [0.25, 0.3) is 0 Å². The normalized spacial score (nSPS) is 26.0. The van der Waals surface area contributed by atoms with Crippen LogP contribution in [0.4, 0.5) is 5.69 Å². The lowest BCUT2D eigenvalue weighted by molar-refractivity contribution is -0.0723. The van der Waals surface area contributed by atoms with E-state index in [0.717, 1.165) is 31.7 Å². The fourth-order valence-electron chi connectivity index (χ4n) is 3.02. The van der Waals surface area contributed by atoms with Gasteiger partial charge in [-0.25, -0.2) is 4.85 Å². The Bertz CT molecular complexity index is 573. The summed E-state index contributed by atoms with van der Waals surface area (Å²) in [6.45, 7) is 11.8. The van der Waals surface area contributed by atoms with E-state index in [2.05, 4.69) is 15.1 Å². The summed E-state index contributed by atoms with van der Waals surface area (Å²) < 4.78 is 11.4. The van der Waals surface area contributed by atoms with Gasteiger partial charge < -0.3 is 14.8 Å². The topological polar surface area (TPSA) is 38.1 Å². The van der Waals surface area contributed by atoms with E-state index in [0.29, 0.717) is 29.1 Å². The minimum Gasteiger partial charge on any atom is -0.507 e. The monoisotopic (exact) mass is 307 g/mol. The summed E-state index contributed by atoms with van der Waals surface area (Å²) in [6.07, 6.45) is -0.0768.